The first-order valence-electron chi connectivity index (χ1n) is 6.86. The van der Waals surface area contributed by atoms with Crippen LogP contribution in [-0.4, -0.2) is 21.0 Å². The molecule has 3 N–H and O–H groups in total. The van der Waals surface area contributed by atoms with Gasteiger partial charge in [0, 0.05) is 0 Å². The maximum Gasteiger partial charge on any atom is 0.237 e. The number of nitrogens with zero attached hydrogens (tertiary/aromatic N) is 3. The van der Waals surface area contributed by atoms with Crippen LogP contribution in [0.3, 0.4) is 0 Å². The highest BCUT2D eigenvalue weighted by molar-refractivity contribution is 5.94. The van der Waals surface area contributed by atoms with Gasteiger partial charge in [-0.2, -0.15) is 0 Å². The van der Waals surface area contributed by atoms with Crippen LogP contribution in [0.15, 0.2) is 35.7 Å². The first kappa shape index (κ1) is 13.4. The van der Waals surface area contributed by atoms with Crippen LogP contribution in [0, 0.1) is 0 Å². The van der Waals surface area contributed by atoms with E-state index in [1.165, 1.54) is 36.4 Å². The molecule has 2 aromatic rings. The molecule has 1 aromatic carbocycles. The lowest BCUT2D eigenvalue weighted by Gasteiger charge is -2.16. The monoisotopic (exact) mass is 284 g/mol. The smallest absolute Gasteiger partial charge is 0.237 e. The Morgan fingerprint density at radius 2 is 1.95 bits per heavy atom. The van der Waals surface area contributed by atoms with E-state index in [9.17, 15) is 0 Å². The number of oxime groups is 1. The van der Waals surface area contributed by atoms with Crippen LogP contribution in [0.5, 0.6) is 11.6 Å². The van der Waals surface area contributed by atoms with Crippen molar-refractivity contribution in [2.24, 2.45) is 10.9 Å². The lowest BCUT2D eigenvalue weighted by molar-refractivity contribution is 0.318. The minimum atomic E-state index is -0.0807. The van der Waals surface area contributed by atoms with Crippen molar-refractivity contribution >= 4 is 5.84 Å². The maximum absolute atomic E-state index is 8.57. The number of fused-ring (bicyclic) bond motifs is 1. The molecular weight excluding hydrogens is 268 g/mol. The van der Waals surface area contributed by atoms with Crippen LogP contribution in [0.25, 0.3) is 0 Å². The normalized spacial score (nSPS) is 14.6. The van der Waals surface area contributed by atoms with Gasteiger partial charge in [-0.1, -0.05) is 11.2 Å². The van der Waals surface area contributed by atoms with Crippen molar-refractivity contribution in [3.63, 3.8) is 0 Å². The number of hydrogen-bond acceptors (Lipinski definition) is 5. The summed E-state index contributed by atoms with van der Waals surface area (Å²) in [5.41, 5.74) is 8.48. The molecule has 0 unspecified atom stereocenters. The van der Waals surface area contributed by atoms with Crippen molar-refractivity contribution in [3.8, 4) is 11.6 Å². The zero-order chi connectivity index (χ0) is 14.7. The van der Waals surface area contributed by atoms with Crippen molar-refractivity contribution < 1.29 is 9.94 Å². The first-order valence-corrected chi connectivity index (χ1v) is 6.86. The van der Waals surface area contributed by atoms with Gasteiger partial charge in [-0.15, -0.1) is 0 Å². The Bertz CT molecular complexity index is 668. The summed E-state index contributed by atoms with van der Waals surface area (Å²) < 4.78 is 5.70. The van der Waals surface area contributed by atoms with E-state index in [0.29, 0.717) is 11.6 Å². The highest BCUT2D eigenvalue weighted by atomic mass is 16.5. The fourth-order valence-corrected chi connectivity index (χ4v) is 2.45. The molecule has 0 saturated carbocycles. The van der Waals surface area contributed by atoms with Crippen molar-refractivity contribution in [2.45, 2.75) is 25.7 Å². The van der Waals surface area contributed by atoms with E-state index >= 15 is 0 Å². The number of hydrogen-bond donors (Lipinski definition) is 2. The Kier molecular flexibility index (Phi) is 3.68. The quantitative estimate of drug-likeness (QED) is 0.390. The molecule has 21 heavy (non-hydrogen) atoms. The average Bonchev–Trinajstić information content (AvgIpc) is 2.55. The van der Waals surface area contributed by atoms with Crippen LogP contribution in [0.2, 0.25) is 0 Å². The van der Waals surface area contributed by atoms with Crippen molar-refractivity contribution in [1.29, 1.82) is 0 Å². The number of rotatable bonds is 3. The molecule has 108 valence electrons. The van der Waals surface area contributed by atoms with Gasteiger partial charge in [-0.3, -0.25) is 0 Å². The molecule has 0 atom stereocenters. The molecule has 1 heterocycles. The van der Waals surface area contributed by atoms with Crippen LogP contribution in [0.1, 0.15) is 29.7 Å². The second-order valence-corrected chi connectivity index (χ2v) is 4.96. The summed E-state index contributed by atoms with van der Waals surface area (Å²) in [6, 6.07) is 6.12. The summed E-state index contributed by atoms with van der Waals surface area (Å²) in [6.45, 7) is 0. The molecule has 1 aromatic heterocycles. The summed E-state index contributed by atoms with van der Waals surface area (Å²) >= 11 is 0. The second kappa shape index (κ2) is 5.78. The minimum Gasteiger partial charge on any atom is -0.437 e. The number of benzene rings is 1. The third-order valence-corrected chi connectivity index (χ3v) is 3.54. The second-order valence-electron chi connectivity index (χ2n) is 4.96. The van der Waals surface area contributed by atoms with Gasteiger partial charge in [0.2, 0.25) is 5.88 Å². The van der Waals surface area contributed by atoms with Gasteiger partial charge in [0.15, 0.2) is 5.84 Å². The largest absolute Gasteiger partial charge is 0.437 e. The molecule has 0 radical (unpaired) electrons. The van der Waals surface area contributed by atoms with Crippen molar-refractivity contribution in [2.75, 3.05) is 0 Å². The molecule has 0 amide bonds. The van der Waals surface area contributed by atoms with Gasteiger partial charge in [0.05, 0.1) is 12.4 Å². The van der Waals surface area contributed by atoms with Gasteiger partial charge < -0.3 is 15.7 Å². The predicted octanol–water partition coefficient (Wildman–Crippen LogP) is 2.24. The summed E-state index contributed by atoms with van der Waals surface area (Å²) in [7, 11) is 0. The van der Waals surface area contributed by atoms with Gasteiger partial charge in [0.25, 0.3) is 0 Å². The SMILES string of the molecule is NC(=NO)c1cnc(Oc2ccc3c(c2)CCCC3)cn1. The van der Waals surface area contributed by atoms with Gasteiger partial charge >= 0.3 is 0 Å². The first-order chi connectivity index (χ1) is 10.3. The molecule has 0 fully saturated rings. The molecule has 0 aliphatic heterocycles. The Morgan fingerprint density at radius 3 is 2.67 bits per heavy atom. The number of ether oxygens (including phenoxy) is 1. The highest BCUT2D eigenvalue weighted by Crippen LogP contribution is 2.27. The maximum atomic E-state index is 8.57. The van der Waals surface area contributed by atoms with Crippen LogP contribution in [-0.2, 0) is 12.8 Å². The van der Waals surface area contributed by atoms with E-state index in [-0.39, 0.29) is 5.84 Å². The van der Waals surface area contributed by atoms with Gasteiger partial charge in [-0.05, 0) is 48.9 Å². The fraction of sp³-hybridized carbons (Fsp3) is 0.267. The summed E-state index contributed by atoms with van der Waals surface area (Å²) in [6.07, 6.45) is 7.58. The molecule has 6 heteroatoms. The molecular formula is C15H16N4O2. The summed E-state index contributed by atoms with van der Waals surface area (Å²) in [4.78, 5) is 8.13. The third-order valence-electron chi connectivity index (χ3n) is 3.54. The molecule has 0 bridgehead atoms. The predicted molar refractivity (Wildman–Crippen MR) is 77.7 cm³/mol. The number of aromatic nitrogens is 2. The Balaban J connectivity index is 1.77. The van der Waals surface area contributed by atoms with Crippen molar-refractivity contribution in [1.82, 2.24) is 9.97 Å². The third kappa shape index (κ3) is 2.94. The molecule has 1 aliphatic rings. The number of aryl methyl sites for hydroxylation is 2. The number of nitrogens with two attached hydrogens (primary N) is 1. The fourth-order valence-electron chi connectivity index (χ4n) is 2.45. The van der Waals surface area contributed by atoms with E-state index < -0.39 is 0 Å². The lowest BCUT2D eigenvalue weighted by Crippen LogP contribution is -2.15. The molecule has 3 rings (SSSR count). The van der Waals surface area contributed by atoms with E-state index in [2.05, 4.69) is 27.3 Å². The average molecular weight is 284 g/mol. The lowest BCUT2D eigenvalue weighted by atomic mass is 9.92. The summed E-state index contributed by atoms with van der Waals surface area (Å²) in [5.74, 6) is 1.05. The summed E-state index contributed by atoms with van der Waals surface area (Å²) in [5, 5.41) is 11.4. The Labute approximate surface area is 122 Å². The van der Waals surface area contributed by atoms with E-state index in [4.69, 9.17) is 15.7 Å². The zero-order valence-electron chi connectivity index (χ0n) is 11.5. The van der Waals surface area contributed by atoms with Crippen LogP contribution in [0.4, 0.5) is 0 Å². The number of amidine groups is 1. The van der Waals surface area contributed by atoms with Gasteiger partial charge in [0.1, 0.15) is 11.4 Å². The molecule has 6 nitrogen and oxygen atoms in total. The van der Waals surface area contributed by atoms with Crippen molar-refractivity contribution in [3.05, 3.63) is 47.4 Å². The Hall–Kier alpha value is -2.63. The van der Waals surface area contributed by atoms with E-state index in [1.807, 2.05) is 6.07 Å². The highest BCUT2D eigenvalue weighted by Gasteiger charge is 2.11. The van der Waals surface area contributed by atoms with Crippen LogP contribution < -0.4 is 10.5 Å². The van der Waals surface area contributed by atoms with Crippen LogP contribution >= 0.6 is 0 Å². The zero-order valence-corrected chi connectivity index (χ0v) is 11.5. The Morgan fingerprint density at radius 1 is 1.14 bits per heavy atom. The van der Waals surface area contributed by atoms with Gasteiger partial charge in [-0.25, -0.2) is 9.97 Å². The molecule has 0 spiro atoms. The van der Waals surface area contributed by atoms with E-state index in [1.54, 1.807) is 0 Å². The standard InChI is InChI=1S/C15H16N4O2/c16-15(19-20)13-8-18-14(9-17-13)21-12-6-5-10-3-1-2-4-11(10)7-12/h5-9,20H,1-4H2,(H2,16,19). The molecule has 0 saturated heterocycles. The topological polar surface area (TPSA) is 93.6 Å². The molecule has 1 aliphatic carbocycles. The van der Waals surface area contributed by atoms with E-state index in [0.717, 1.165) is 18.6 Å². The minimum absolute atomic E-state index is 0.0807.